The van der Waals surface area contributed by atoms with Crippen LogP contribution < -0.4 is 5.32 Å². The largest absolute Gasteiger partial charge is 0.352 e. The first-order chi connectivity index (χ1) is 9.49. The van der Waals surface area contributed by atoms with E-state index in [1.807, 2.05) is 0 Å². The van der Waals surface area contributed by atoms with Crippen LogP contribution in [-0.2, 0) is 0 Å². The second-order valence-electron chi connectivity index (χ2n) is 5.01. The topological polar surface area (TPSA) is 29.1 Å². The molecule has 6 heteroatoms. The highest BCUT2D eigenvalue weighted by atomic mass is 79.9. The molecule has 1 saturated carbocycles. The maximum atomic E-state index is 13.6. The van der Waals surface area contributed by atoms with E-state index in [0.29, 0.717) is 6.54 Å². The molecule has 0 saturated heterocycles. The van der Waals surface area contributed by atoms with Crippen LogP contribution in [0.25, 0.3) is 0 Å². The molecular weight excluding hydrogens is 352 g/mol. The third-order valence-electron chi connectivity index (χ3n) is 3.58. The lowest BCUT2D eigenvalue weighted by molar-refractivity contribution is 0.0935. The van der Waals surface area contributed by atoms with Gasteiger partial charge in [0, 0.05) is 16.4 Å². The maximum Gasteiger partial charge on any atom is 0.257 e. The van der Waals surface area contributed by atoms with Crippen molar-refractivity contribution in [2.75, 3.05) is 6.54 Å². The molecule has 0 heterocycles. The third kappa shape index (κ3) is 3.70. The van der Waals surface area contributed by atoms with E-state index < -0.39 is 23.1 Å². The number of benzene rings is 1. The highest BCUT2D eigenvalue weighted by Gasteiger charge is 2.25. The zero-order chi connectivity index (χ0) is 14.7. The van der Waals surface area contributed by atoms with Crippen LogP contribution in [0.3, 0.4) is 0 Å². The van der Waals surface area contributed by atoms with Crippen molar-refractivity contribution >= 4 is 33.4 Å². The van der Waals surface area contributed by atoms with Crippen molar-refractivity contribution in [2.45, 2.75) is 31.1 Å². The van der Waals surface area contributed by atoms with Gasteiger partial charge in [-0.2, -0.15) is 0 Å². The minimum absolute atomic E-state index is 0.0173. The molecule has 0 bridgehead atoms. The number of nitrogens with one attached hydrogen (secondary N) is 1. The molecule has 1 amide bonds. The van der Waals surface area contributed by atoms with Gasteiger partial charge in [-0.05, 0) is 30.9 Å². The van der Waals surface area contributed by atoms with Gasteiger partial charge in [-0.25, -0.2) is 8.78 Å². The summed E-state index contributed by atoms with van der Waals surface area (Å²) in [7, 11) is 0. The van der Waals surface area contributed by atoms with Gasteiger partial charge in [-0.3, -0.25) is 4.79 Å². The highest BCUT2D eigenvalue weighted by molar-refractivity contribution is 9.10. The van der Waals surface area contributed by atoms with Crippen molar-refractivity contribution in [3.05, 3.63) is 33.8 Å². The minimum atomic E-state index is -0.875. The summed E-state index contributed by atoms with van der Waals surface area (Å²) in [6, 6.07) is 2.14. The Morgan fingerprint density at radius 3 is 2.50 bits per heavy atom. The molecule has 0 spiro atoms. The van der Waals surface area contributed by atoms with Crippen LogP contribution in [0.1, 0.15) is 36.0 Å². The highest BCUT2D eigenvalue weighted by Crippen LogP contribution is 2.28. The Bertz CT molecular complexity index is 489. The number of hydrogen-bond donors (Lipinski definition) is 1. The molecule has 1 aliphatic carbocycles. The zero-order valence-electron chi connectivity index (χ0n) is 10.8. The Balaban J connectivity index is 2.02. The van der Waals surface area contributed by atoms with Crippen LogP contribution in [0.5, 0.6) is 0 Å². The summed E-state index contributed by atoms with van der Waals surface area (Å²) in [5.74, 6) is -2.32. The number of rotatable bonds is 3. The molecule has 2 nitrogen and oxygen atoms in total. The summed E-state index contributed by atoms with van der Waals surface area (Å²) in [6.07, 6.45) is 4.02. The van der Waals surface area contributed by atoms with E-state index in [1.54, 1.807) is 0 Å². The summed E-state index contributed by atoms with van der Waals surface area (Å²) >= 11 is 9.17. The molecule has 20 heavy (non-hydrogen) atoms. The van der Waals surface area contributed by atoms with Gasteiger partial charge < -0.3 is 5.32 Å². The Labute approximate surface area is 130 Å². The van der Waals surface area contributed by atoms with Crippen molar-refractivity contribution in [1.29, 1.82) is 0 Å². The van der Waals surface area contributed by atoms with Crippen molar-refractivity contribution in [2.24, 2.45) is 5.92 Å². The van der Waals surface area contributed by atoms with Crippen LogP contribution in [0, 0.1) is 17.6 Å². The molecule has 2 rings (SSSR count). The van der Waals surface area contributed by atoms with Crippen LogP contribution in [0.2, 0.25) is 0 Å². The number of halogens is 4. The Hall–Kier alpha value is -0.680. The number of carbonyl (C=O) groups is 1. The minimum Gasteiger partial charge on any atom is -0.352 e. The lowest BCUT2D eigenvalue weighted by atomic mass is 9.88. The number of hydrogen-bond acceptors (Lipinski definition) is 1. The summed E-state index contributed by atoms with van der Waals surface area (Å²) in [4.78, 5) is 11.9. The van der Waals surface area contributed by atoms with E-state index >= 15 is 0 Å². The average Bonchev–Trinajstić information content (AvgIpc) is 2.36. The van der Waals surface area contributed by atoms with Crippen molar-refractivity contribution in [1.82, 2.24) is 5.32 Å². The average molecular weight is 367 g/mol. The van der Waals surface area contributed by atoms with E-state index in [4.69, 9.17) is 11.6 Å². The van der Waals surface area contributed by atoms with Gasteiger partial charge in [0.2, 0.25) is 0 Å². The quantitative estimate of drug-likeness (QED) is 0.796. The fourth-order valence-electron chi connectivity index (χ4n) is 2.46. The zero-order valence-corrected chi connectivity index (χ0v) is 13.1. The van der Waals surface area contributed by atoms with Crippen LogP contribution in [0.15, 0.2) is 16.6 Å². The van der Waals surface area contributed by atoms with Crippen molar-refractivity contribution < 1.29 is 13.6 Å². The number of carbonyl (C=O) groups excluding carboxylic acids is 1. The first-order valence-corrected chi connectivity index (χ1v) is 7.79. The molecule has 110 valence electrons. The van der Waals surface area contributed by atoms with E-state index in [-0.39, 0.29) is 15.8 Å². The molecule has 1 aromatic carbocycles. The van der Waals surface area contributed by atoms with Gasteiger partial charge in [0.15, 0.2) is 0 Å². The molecule has 1 N–H and O–H groups in total. The van der Waals surface area contributed by atoms with E-state index in [1.165, 1.54) is 0 Å². The van der Waals surface area contributed by atoms with Crippen LogP contribution in [-0.4, -0.2) is 17.8 Å². The van der Waals surface area contributed by atoms with Gasteiger partial charge >= 0.3 is 0 Å². The number of alkyl halides is 1. The van der Waals surface area contributed by atoms with Crippen LogP contribution in [0.4, 0.5) is 8.78 Å². The molecule has 0 aromatic heterocycles. The Morgan fingerprint density at radius 2 is 1.90 bits per heavy atom. The van der Waals surface area contributed by atoms with Crippen molar-refractivity contribution in [3.63, 3.8) is 0 Å². The molecule has 0 radical (unpaired) electrons. The van der Waals surface area contributed by atoms with Gasteiger partial charge in [-0.1, -0.05) is 28.8 Å². The lowest BCUT2D eigenvalue weighted by Gasteiger charge is -2.27. The first-order valence-electron chi connectivity index (χ1n) is 6.56. The molecule has 1 aliphatic rings. The SMILES string of the molecule is O=C(NCC1CCCCC1Cl)c1c(F)cc(Br)cc1F. The molecule has 1 fully saturated rings. The standard InChI is InChI=1S/C14H15BrClF2NO/c15-9-5-11(17)13(12(18)6-9)14(20)19-7-8-3-1-2-4-10(8)16/h5-6,8,10H,1-4,7H2,(H,19,20). The monoisotopic (exact) mass is 365 g/mol. The predicted octanol–water partition coefficient (Wildman–Crippen LogP) is 4.25. The molecule has 2 unspecified atom stereocenters. The molecule has 2 atom stereocenters. The fourth-order valence-corrected chi connectivity index (χ4v) is 3.23. The second kappa shape index (κ2) is 6.85. The summed E-state index contributed by atoms with van der Waals surface area (Å²) in [6.45, 7) is 0.349. The van der Waals surface area contributed by atoms with Crippen molar-refractivity contribution in [3.8, 4) is 0 Å². The Kier molecular flexibility index (Phi) is 5.38. The summed E-state index contributed by atoms with van der Waals surface area (Å²) in [5, 5.41) is 2.60. The number of amides is 1. The molecule has 1 aromatic rings. The normalized spacial score (nSPS) is 22.6. The molecular formula is C14H15BrClF2NO. The maximum absolute atomic E-state index is 13.6. The fraction of sp³-hybridized carbons (Fsp3) is 0.500. The van der Waals surface area contributed by atoms with E-state index in [0.717, 1.165) is 37.8 Å². The Morgan fingerprint density at radius 1 is 1.30 bits per heavy atom. The van der Waals surface area contributed by atoms with Gasteiger partial charge in [0.05, 0.1) is 0 Å². The predicted molar refractivity (Wildman–Crippen MR) is 78.0 cm³/mol. The lowest BCUT2D eigenvalue weighted by Crippen LogP contribution is -2.35. The third-order valence-corrected chi connectivity index (χ3v) is 4.61. The van der Waals surface area contributed by atoms with Gasteiger partial charge in [0.25, 0.3) is 5.91 Å². The first kappa shape index (κ1) is 15.7. The molecule has 0 aliphatic heterocycles. The van der Waals surface area contributed by atoms with E-state index in [9.17, 15) is 13.6 Å². The second-order valence-corrected chi connectivity index (χ2v) is 6.49. The summed E-state index contributed by atoms with van der Waals surface area (Å²) in [5.41, 5.74) is -0.546. The van der Waals surface area contributed by atoms with Gasteiger partial charge in [0.1, 0.15) is 17.2 Å². The van der Waals surface area contributed by atoms with Gasteiger partial charge in [-0.15, -0.1) is 11.6 Å². The smallest absolute Gasteiger partial charge is 0.257 e. The summed E-state index contributed by atoms with van der Waals surface area (Å²) < 4.78 is 27.6. The van der Waals surface area contributed by atoms with Crippen LogP contribution >= 0.6 is 27.5 Å². The van der Waals surface area contributed by atoms with E-state index in [2.05, 4.69) is 21.2 Å².